The summed E-state index contributed by atoms with van der Waals surface area (Å²) in [7, 11) is 0. The molecule has 0 aromatic carbocycles. The number of aromatic nitrogens is 2. The molecule has 0 saturated heterocycles. The molecule has 1 aliphatic rings. The Kier molecular flexibility index (Phi) is 1.71. The van der Waals surface area contributed by atoms with Crippen LogP contribution < -0.4 is 5.56 Å². The van der Waals surface area contributed by atoms with Gasteiger partial charge in [-0.3, -0.25) is 4.79 Å². The van der Waals surface area contributed by atoms with Gasteiger partial charge >= 0.3 is 0 Å². The molecule has 1 aromatic heterocycles. The van der Waals surface area contributed by atoms with E-state index in [0.717, 1.165) is 18.4 Å². The van der Waals surface area contributed by atoms with Crippen molar-refractivity contribution in [3.63, 3.8) is 0 Å². The van der Waals surface area contributed by atoms with Crippen LogP contribution >= 0.6 is 0 Å². The van der Waals surface area contributed by atoms with Crippen molar-refractivity contribution >= 4 is 0 Å². The number of nitrogens with one attached hydrogen (secondary N) is 1. The summed E-state index contributed by atoms with van der Waals surface area (Å²) in [5.41, 5.74) is 0.916. The normalized spacial score (nSPS) is 17.4. The van der Waals surface area contributed by atoms with Crippen molar-refractivity contribution in [3.8, 4) is 0 Å². The van der Waals surface area contributed by atoms with Crippen LogP contribution in [0.3, 0.4) is 0 Å². The standard InChI is InChI=1S/C9H12N2O/c1-6-10-5-8(9(12)11-6)7-3-2-4-7/h5,7H,2-4H2,1H3,(H,10,11,12). The van der Waals surface area contributed by atoms with Gasteiger partial charge in [0, 0.05) is 11.8 Å². The van der Waals surface area contributed by atoms with E-state index in [1.807, 2.05) is 0 Å². The van der Waals surface area contributed by atoms with E-state index in [9.17, 15) is 4.79 Å². The monoisotopic (exact) mass is 164 g/mol. The molecule has 1 heterocycles. The summed E-state index contributed by atoms with van der Waals surface area (Å²) in [4.78, 5) is 18.2. The third-order valence-electron chi connectivity index (χ3n) is 2.50. The summed E-state index contributed by atoms with van der Waals surface area (Å²) in [6.07, 6.45) is 5.26. The summed E-state index contributed by atoms with van der Waals surface area (Å²) in [6, 6.07) is 0. The summed E-state index contributed by atoms with van der Waals surface area (Å²) >= 11 is 0. The summed E-state index contributed by atoms with van der Waals surface area (Å²) in [5.74, 6) is 1.17. The minimum atomic E-state index is 0.0483. The van der Waals surface area contributed by atoms with Crippen LogP contribution in [0, 0.1) is 6.92 Å². The first-order valence-electron chi connectivity index (χ1n) is 4.33. The SMILES string of the molecule is Cc1ncc(C2CCC2)c(=O)[nH]1. The second-order valence-corrected chi connectivity index (χ2v) is 3.38. The Morgan fingerprint density at radius 2 is 2.33 bits per heavy atom. The molecule has 0 amide bonds. The lowest BCUT2D eigenvalue weighted by atomic mass is 9.81. The molecule has 3 heteroatoms. The van der Waals surface area contributed by atoms with Crippen LogP contribution in [0.2, 0.25) is 0 Å². The van der Waals surface area contributed by atoms with Crippen molar-refractivity contribution in [2.24, 2.45) is 0 Å². The molecule has 1 aromatic rings. The summed E-state index contributed by atoms with van der Waals surface area (Å²) in [5, 5.41) is 0. The van der Waals surface area contributed by atoms with Crippen LogP contribution in [-0.4, -0.2) is 9.97 Å². The second kappa shape index (κ2) is 2.73. The molecule has 64 valence electrons. The van der Waals surface area contributed by atoms with Gasteiger partial charge in [-0.25, -0.2) is 4.98 Å². The molecule has 0 spiro atoms. The van der Waals surface area contributed by atoms with Gasteiger partial charge in [0.25, 0.3) is 5.56 Å². The number of hydrogen-bond acceptors (Lipinski definition) is 2. The molecular formula is C9H12N2O. The maximum absolute atomic E-state index is 11.4. The lowest BCUT2D eigenvalue weighted by molar-refractivity contribution is 0.415. The minimum Gasteiger partial charge on any atom is -0.311 e. The molecule has 3 nitrogen and oxygen atoms in total. The van der Waals surface area contributed by atoms with Crippen molar-refractivity contribution in [3.05, 3.63) is 27.9 Å². The van der Waals surface area contributed by atoms with E-state index in [1.54, 1.807) is 13.1 Å². The van der Waals surface area contributed by atoms with E-state index in [1.165, 1.54) is 6.42 Å². The highest BCUT2D eigenvalue weighted by atomic mass is 16.1. The van der Waals surface area contributed by atoms with Crippen LogP contribution in [0.1, 0.15) is 36.6 Å². The smallest absolute Gasteiger partial charge is 0.254 e. The molecule has 1 aliphatic carbocycles. The minimum absolute atomic E-state index is 0.0483. The van der Waals surface area contributed by atoms with Gasteiger partial charge in [-0.15, -0.1) is 0 Å². The largest absolute Gasteiger partial charge is 0.311 e. The first kappa shape index (κ1) is 7.53. The van der Waals surface area contributed by atoms with Crippen molar-refractivity contribution < 1.29 is 0 Å². The zero-order valence-corrected chi connectivity index (χ0v) is 7.13. The van der Waals surface area contributed by atoms with E-state index in [0.29, 0.717) is 11.7 Å². The predicted molar refractivity (Wildman–Crippen MR) is 46.2 cm³/mol. The molecule has 0 aliphatic heterocycles. The molecule has 12 heavy (non-hydrogen) atoms. The zero-order valence-electron chi connectivity index (χ0n) is 7.13. The molecule has 0 bridgehead atoms. The first-order valence-corrected chi connectivity index (χ1v) is 4.33. The van der Waals surface area contributed by atoms with E-state index in [4.69, 9.17) is 0 Å². The molecule has 1 saturated carbocycles. The third kappa shape index (κ3) is 1.15. The topological polar surface area (TPSA) is 45.8 Å². The number of hydrogen-bond donors (Lipinski definition) is 1. The number of rotatable bonds is 1. The van der Waals surface area contributed by atoms with E-state index in [-0.39, 0.29) is 5.56 Å². The maximum Gasteiger partial charge on any atom is 0.254 e. The van der Waals surface area contributed by atoms with Crippen LogP contribution in [0.4, 0.5) is 0 Å². The Hall–Kier alpha value is -1.12. The molecule has 0 unspecified atom stereocenters. The van der Waals surface area contributed by atoms with E-state index >= 15 is 0 Å². The fourth-order valence-corrected chi connectivity index (χ4v) is 1.50. The lowest BCUT2D eigenvalue weighted by Crippen LogP contribution is -2.21. The quantitative estimate of drug-likeness (QED) is 0.680. The van der Waals surface area contributed by atoms with Crippen molar-refractivity contribution in [2.75, 3.05) is 0 Å². The fraction of sp³-hybridized carbons (Fsp3) is 0.556. The van der Waals surface area contributed by atoms with Gasteiger partial charge in [-0.2, -0.15) is 0 Å². The van der Waals surface area contributed by atoms with Gasteiger partial charge in [0.15, 0.2) is 0 Å². The van der Waals surface area contributed by atoms with Crippen molar-refractivity contribution in [1.29, 1.82) is 0 Å². The maximum atomic E-state index is 11.4. The van der Waals surface area contributed by atoms with Crippen molar-refractivity contribution in [2.45, 2.75) is 32.1 Å². The van der Waals surface area contributed by atoms with Gasteiger partial charge in [-0.1, -0.05) is 6.42 Å². The molecule has 1 fully saturated rings. The van der Waals surface area contributed by atoms with Crippen LogP contribution in [0.5, 0.6) is 0 Å². The summed E-state index contributed by atoms with van der Waals surface area (Å²) < 4.78 is 0. The number of H-pyrrole nitrogens is 1. The first-order chi connectivity index (χ1) is 5.77. The Morgan fingerprint density at radius 3 is 2.83 bits per heavy atom. The van der Waals surface area contributed by atoms with E-state index < -0.39 is 0 Å². The average Bonchev–Trinajstić information content (AvgIpc) is 1.91. The predicted octanol–water partition coefficient (Wildman–Crippen LogP) is 1.35. The Bertz CT molecular complexity index is 339. The molecule has 0 atom stereocenters. The average molecular weight is 164 g/mol. The van der Waals surface area contributed by atoms with Gasteiger partial charge in [0.2, 0.25) is 0 Å². The van der Waals surface area contributed by atoms with Gasteiger partial charge in [0.1, 0.15) is 5.82 Å². The zero-order chi connectivity index (χ0) is 8.55. The highest BCUT2D eigenvalue weighted by Gasteiger charge is 2.22. The van der Waals surface area contributed by atoms with Gasteiger partial charge < -0.3 is 4.98 Å². The third-order valence-corrected chi connectivity index (χ3v) is 2.50. The number of aryl methyl sites for hydroxylation is 1. The Labute approximate surface area is 70.9 Å². The molecular weight excluding hydrogens is 152 g/mol. The van der Waals surface area contributed by atoms with Gasteiger partial charge in [-0.05, 0) is 25.7 Å². The van der Waals surface area contributed by atoms with Crippen LogP contribution in [0.15, 0.2) is 11.0 Å². The second-order valence-electron chi connectivity index (χ2n) is 3.38. The molecule has 0 radical (unpaired) electrons. The molecule has 1 N–H and O–H groups in total. The number of nitrogens with zero attached hydrogens (tertiary/aromatic N) is 1. The Balaban J connectivity index is 2.37. The lowest BCUT2D eigenvalue weighted by Gasteiger charge is -2.24. The highest BCUT2D eigenvalue weighted by molar-refractivity contribution is 5.14. The number of aromatic amines is 1. The van der Waals surface area contributed by atoms with Gasteiger partial charge in [0.05, 0.1) is 0 Å². The molecule has 2 rings (SSSR count). The fourth-order valence-electron chi connectivity index (χ4n) is 1.50. The van der Waals surface area contributed by atoms with Crippen molar-refractivity contribution in [1.82, 2.24) is 9.97 Å². The highest BCUT2D eigenvalue weighted by Crippen LogP contribution is 2.33. The van der Waals surface area contributed by atoms with E-state index in [2.05, 4.69) is 9.97 Å². The Morgan fingerprint density at radius 1 is 1.58 bits per heavy atom. The summed E-state index contributed by atoms with van der Waals surface area (Å²) in [6.45, 7) is 1.80. The van der Waals surface area contributed by atoms with Crippen LogP contribution in [-0.2, 0) is 0 Å². The van der Waals surface area contributed by atoms with Crippen LogP contribution in [0.25, 0.3) is 0 Å².